The van der Waals surface area contributed by atoms with Crippen LogP contribution in [0.15, 0.2) is 54.7 Å². The van der Waals surface area contributed by atoms with Crippen molar-refractivity contribution in [2.75, 3.05) is 39.4 Å². The van der Waals surface area contributed by atoms with Crippen molar-refractivity contribution in [3.05, 3.63) is 71.4 Å². The third kappa shape index (κ3) is 5.40. The van der Waals surface area contributed by atoms with Crippen LogP contribution in [0.1, 0.15) is 49.8 Å². The highest BCUT2D eigenvalue weighted by molar-refractivity contribution is 5.86. The highest BCUT2D eigenvalue weighted by atomic mass is 16.5. The van der Waals surface area contributed by atoms with Crippen LogP contribution in [0, 0.1) is 0 Å². The molecule has 2 heterocycles. The van der Waals surface area contributed by atoms with E-state index in [1.807, 2.05) is 6.07 Å². The van der Waals surface area contributed by atoms with Gasteiger partial charge in [0, 0.05) is 55.6 Å². The van der Waals surface area contributed by atoms with E-state index >= 15 is 0 Å². The summed E-state index contributed by atoms with van der Waals surface area (Å²) in [5.41, 5.74) is 4.85. The van der Waals surface area contributed by atoms with Crippen molar-refractivity contribution in [2.24, 2.45) is 0 Å². The van der Waals surface area contributed by atoms with Crippen molar-refractivity contribution >= 4 is 16.8 Å². The molecule has 3 aromatic rings. The maximum atomic E-state index is 13.0. The molecule has 0 radical (unpaired) electrons. The largest absolute Gasteiger partial charge is 0.379 e. The average Bonchev–Trinajstić information content (AvgIpc) is 3.22. The summed E-state index contributed by atoms with van der Waals surface area (Å²) in [6, 6.07) is 17.1. The third-order valence-electron chi connectivity index (χ3n) is 6.42. The van der Waals surface area contributed by atoms with E-state index in [9.17, 15) is 4.79 Å². The number of amides is 1. The molecule has 0 unspecified atom stereocenters. The molecule has 0 spiro atoms. The third-order valence-corrected chi connectivity index (χ3v) is 6.42. The first kappa shape index (κ1) is 22.6. The number of ether oxygens (including phenoxy) is 1. The molecule has 0 aliphatic carbocycles. The average molecular weight is 434 g/mol. The summed E-state index contributed by atoms with van der Waals surface area (Å²) >= 11 is 0. The Balaban J connectivity index is 1.52. The first-order valence-electron chi connectivity index (χ1n) is 11.6. The molecule has 170 valence electrons. The fraction of sp³-hybridized carbons (Fsp3) is 0.444. The smallest absolute Gasteiger partial charge is 0.220 e. The van der Waals surface area contributed by atoms with Gasteiger partial charge in [0.2, 0.25) is 5.91 Å². The number of H-pyrrole nitrogens is 1. The monoisotopic (exact) mass is 433 g/mol. The standard InChI is InChI=1S/C27H35N3O2/c1-27(2,3)21-10-8-20(9-11-21)23(24-19-29-25-7-5-4-6-22(24)25)18-26(31)28-12-13-30-14-16-32-17-15-30/h4-11,19,23,29H,12-18H2,1-3H3,(H,28,31)/t23-/m0/s1. The maximum Gasteiger partial charge on any atom is 0.220 e. The highest BCUT2D eigenvalue weighted by Crippen LogP contribution is 2.34. The van der Waals surface area contributed by atoms with Gasteiger partial charge in [0.1, 0.15) is 0 Å². The van der Waals surface area contributed by atoms with Crippen molar-refractivity contribution in [3.63, 3.8) is 0 Å². The summed E-state index contributed by atoms with van der Waals surface area (Å²) in [6.45, 7) is 11.6. The first-order valence-corrected chi connectivity index (χ1v) is 11.6. The number of carbonyl (C=O) groups excluding carboxylic acids is 1. The van der Waals surface area contributed by atoms with Gasteiger partial charge in [0.05, 0.1) is 13.2 Å². The molecule has 1 amide bonds. The van der Waals surface area contributed by atoms with Crippen LogP contribution in [-0.4, -0.2) is 55.2 Å². The number of morpholine rings is 1. The van der Waals surface area contributed by atoms with Gasteiger partial charge in [-0.15, -0.1) is 0 Å². The summed E-state index contributed by atoms with van der Waals surface area (Å²) in [7, 11) is 0. The lowest BCUT2D eigenvalue weighted by Gasteiger charge is -2.26. The van der Waals surface area contributed by atoms with Gasteiger partial charge in [-0.05, 0) is 28.2 Å². The Morgan fingerprint density at radius 3 is 2.53 bits per heavy atom. The number of aromatic nitrogens is 1. The minimum absolute atomic E-state index is 0.00329. The van der Waals surface area contributed by atoms with E-state index in [-0.39, 0.29) is 17.2 Å². The molecule has 2 N–H and O–H groups in total. The number of nitrogens with one attached hydrogen (secondary N) is 2. The van der Waals surface area contributed by atoms with Gasteiger partial charge < -0.3 is 15.0 Å². The Kier molecular flexibility index (Phi) is 6.97. The summed E-state index contributed by atoms with van der Waals surface area (Å²) in [4.78, 5) is 18.7. The second-order valence-corrected chi connectivity index (χ2v) is 9.72. The van der Waals surface area contributed by atoms with E-state index in [1.54, 1.807) is 0 Å². The van der Waals surface area contributed by atoms with Crippen LogP contribution < -0.4 is 5.32 Å². The number of hydrogen-bond acceptors (Lipinski definition) is 3. The number of para-hydroxylation sites is 1. The molecule has 1 atom stereocenters. The van der Waals surface area contributed by atoms with Gasteiger partial charge >= 0.3 is 0 Å². The molecule has 1 aromatic heterocycles. The molecular formula is C27H35N3O2. The van der Waals surface area contributed by atoms with Crippen LogP contribution in [0.3, 0.4) is 0 Å². The molecule has 1 fully saturated rings. The van der Waals surface area contributed by atoms with Crippen molar-refractivity contribution < 1.29 is 9.53 Å². The maximum absolute atomic E-state index is 13.0. The molecular weight excluding hydrogens is 398 g/mol. The van der Waals surface area contributed by atoms with E-state index in [1.165, 1.54) is 22.1 Å². The fourth-order valence-corrected chi connectivity index (χ4v) is 4.44. The van der Waals surface area contributed by atoms with Gasteiger partial charge in [0.15, 0.2) is 0 Å². The topological polar surface area (TPSA) is 57.4 Å². The quantitative estimate of drug-likeness (QED) is 0.579. The highest BCUT2D eigenvalue weighted by Gasteiger charge is 2.22. The lowest BCUT2D eigenvalue weighted by molar-refractivity contribution is -0.121. The van der Waals surface area contributed by atoms with Gasteiger partial charge in [-0.2, -0.15) is 0 Å². The lowest BCUT2D eigenvalue weighted by atomic mass is 9.83. The van der Waals surface area contributed by atoms with Crippen molar-refractivity contribution in [2.45, 2.75) is 38.5 Å². The predicted molar refractivity (Wildman–Crippen MR) is 130 cm³/mol. The number of benzene rings is 2. The van der Waals surface area contributed by atoms with Crippen LogP contribution in [0.4, 0.5) is 0 Å². The summed E-state index contributed by atoms with van der Waals surface area (Å²) < 4.78 is 5.40. The Morgan fingerprint density at radius 2 is 1.81 bits per heavy atom. The van der Waals surface area contributed by atoms with E-state index in [0.29, 0.717) is 13.0 Å². The van der Waals surface area contributed by atoms with Crippen LogP contribution in [0.5, 0.6) is 0 Å². The molecule has 2 aromatic carbocycles. The molecule has 1 saturated heterocycles. The summed E-state index contributed by atoms with van der Waals surface area (Å²) in [6.07, 6.45) is 2.49. The van der Waals surface area contributed by atoms with E-state index < -0.39 is 0 Å². The number of hydrogen-bond donors (Lipinski definition) is 2. The van der Waals surface area contributed by atoms with E-state index in [2.05, 4.69) is 84.6 Å². The van der Waals surface area contributed by atoms with Crippen molar-refractivity contribution in [1.82, 2.24) is 15.2 Å². The summed E-state index contributed by atoms with van der Waals surface area (Å²) in [5.74, 6) is 0.0944. The summed E-state index contributed by atoms with van der Waals surface area (Å²) in [5, 5.41) is 4.32. The second-order valence-electron chi connectivity index (χ2n) is 9.72. The molecule has 5 nitrogen and oxygen atoms in total. The molecule has 5 heteroatoms. The zero-order chi connectivity index (χ0) is 22.6. The van der Waals surface area contributed by atoms with Crippen LogP contribution in [0.25, 0.3) is 10.9 Å². The lowest BCUT2D eigenvalue weighted by Crippen LogP contribution is -2.41. The number of carbonyl (C=O) groups is 1. The molecule has 0 bridgehead atoms. The van der Waals surface area contributed by atoms with E-state index in [0.717, 1.165) is 38.4 Å². The Hall–Kier alpha value is -2.63. The number of rotatable bonds is 7. The SMILES string of the molecule is CC(C)(C)c1ccc([C@H](CC(=O)NCCN2CCOCC2)c2c[nH]c3ccccc23)cc1. The second kappa shape index (κ2) is 9.88. The Labute approximate surface area is 191 Å². The van der Waals surface area contributed by atoms with Crippen LogP contribution in [-0.2, 0) is 14.9 Å². The van der Waals surface area contributed by atoms with Crippen molar-refractivity contribution in [1.29, 1.82) is 0 Å². The zero-order valence-corrected chi connectivity index (χ0v) is 19.5. The zero-order valence-electron chi connectivity index (χ0n) is 19.5. The van der Waals surface area contributed by atoms with Gasteiger partial charge in [-0.1, -0.05) is 63.2 Å². The minimum atomic E-state index is 0.00329. The van der Waals surface area contributed by atoms with Crippen LogP contribution >= 0.6 is 0 Å². The molecule has 1 aliphatic heterocycles. The fourth-order valence-electron chi connectivity index (χ4n) is 4.44. The van der Waals surface area contributed by atoms with Gasteiger partial charge in [-0.25, -0.2) is 0 Å². The number of aromatic amines is 1. The number of fused-ring (bicyclic) bond motifs is 1. The predicted octanol–water partition coefficient (Wildman–Crippen LogP) is 4.44. The minimum Gasteiger partial charge on any atom is -0.379 e. The number of nitrogens with zero attached hydrogens (tertiary/aromatic N) is 1. The normalized spacial score (nSPS) is 16.2. The molecule has 4 rings (SSSR count). The Morgan fingerprint density at radius 1 is 1.09 bits per heavy atom. The molecule has 1 aliphatic rings. The van der Waals surface area contributed by atoms with E-state index in [4.69, 9.17) is 4.74 Å². The first-order chi connectivity index (χ1) is 15.4. The van der Waals surface area contributed by atoms with Gasteiger partial charge in [-0.3, -0.25) is 9.69 Å². The van der Waals surface area contributed by atoms with Crippen LogP contribution in [0.2, 0.25) is 0 Å². The van der Waals surface area contributed by atoms with Crippen molar-refractivity contribution in [3.8, 4) is 0 Å². The Bertz CT molecular complexity index is 1030. The molecule has 0 saturated carbocycles. The van der Waals surface area contributed by atoms with Gasteiger partial charge in [0.25, 0.3) is 0 Å². The molecule has 32 heavy (non-hydrogen) atoms.